The second-order valence-electron chi connectivity index (χ2n) is 5.58. The predicted molar refractivity (Wildman–Crippen MR) is 76.3 cm³/mol. The average molecular weight is 330 g/mol. The van der Waals surface area contributed by atoms with E-state index in [4.69, 9.17) is 5.73 Å². The number of rotatable bonds is 8. The molecule has 0 heterocycles. The van der Waals surface area contributed by atoms with Crippen LogP contribution in [0.2, 0.25) is 0 Å². The molecule has 0 aromatic carbocycles. The number of sulfonamides is 1. The zero-order valence-electron chi connectivity index (χ0n) is 12.2. The van der Waals surface area contributed by atoms with Gasteiger partial charge in [0.2, 0.25) is 10.0 Å². The number of hydrogen-bond acceptors (Lipinski definition) is 3. The first-order valence-electron chi connectivity index (χ1n) is 7.52. The van der Waals surface area contributed by atoms with E-state index in [0.29, 0.717) is 19.5 Å². The summed E-state index contributed by atoms with van der Waals surface area (Å²) in [5.74, 6) is -0.437. The minimum Gasteiger partial charge on any atom is -0.330 e. The van der Waals surface area contributed by atoms with Crippen LogP contribution in [0.1, 0.15) is 51.4 Å². The molecule has 8 heteroatoms. The Morgan fingerprint density at radius 2 is 1.71 bits per heavy atom. The van der Waals surface area contributed by atoms with Crippen molar-refractivity contribution in [2.45, 2.75) is 63.6 Å². The van der Waals surface area contributed by atoms with Crippen LogP contribution in [-0.2, 0) is 10.0 Å². The summed E-state index contributed by atoms with van der Waals surface area (Å²) >= 11 is 0. The first-order valence-corrected chi connectivity index (χ1v) is 9.13. The fourth-order valence-corrected chi connectivity index (χ4v) is 4.55. The lowest BCUT2D eigenvalue weighted by atomic mass is 9.95. The molecule has 1 aliphatic carbocycles. The molecule has 0 bridgehead atoms. The smallest absolute Gasteiger partial charge is 0.330 e. The molecule has 0 atom stereocenters. The molecule has 126 valence electrons. The standard InChI is InChI=1S/C13H25F3N2O2S/c14-13(15,16)8-4-11-21(19,20)18(10-5-9-17)12-6-2-1-3-7-12/h12H,1-11,17H2. The summed E-state index contributed by atoms with van der Waals surface area (Å²) < 4.78 is 62.6. The molecule has 4 nitrogen and oxygen atoms in total. The third kappa shape index (κ3) is 6.97. The van der Waals surface area contributed by atoms with Gasteiger partial charge in [0.25, 0.3) is 0 Å². The molecule has 1 saturated carbocycles. The van der Waals surface area contributed by atoms with E-state index in [-0.39, 0.29) is 12.5 Å². The Hall–Kier alpha value is -0.340. The molecule has 1 fully saturated rings. The van der Waals surface area contributed by atoms with Gasteiger partial charge in [0.05, 0.1) is 5.75 Å². The van der Waals surface area contributed by atoms with Crippen molar-refractivity contribution >= 4 is 10.0 Å². The SMILES string of the molecule is NCCCN(C1CCCCC1)S(=O)(=O)CCCC(F)(F)F. The Balaban J connectivity index is 2.65. The third-order valence-corrected chi connectivity index (χ3v) is 5.78. The van der Waals surface area contributed by atoms with Gasteiger partial charge in [-0.2, -0.15) is 17.5 Å². The fourth-order valence-electron chi connectivity index (χ4n) is 2.74. The maximum Gasteiger partial charge on any atom is 0.389 e. The number of alkyl halides is 3. The van der Waals surface area contributed by atoms with E-state index in [1.54, 1.807) is 0 Å². The largest absolute Gasteiger partial charge is 0.389 e. The lowest BCUT2D eigenvalue weighted by Crippen LogP contribution is -2.43. The second kappa shape index (κ2) is 8.33. The van der Waals surface area contributed by atoms with Crippen molar-refractivity contribution < 1.29 is 21.6 Å². The molecule has 1 rings (SSSR count). The quantitative estimate of drug-likeness (QED) is 0.744. The molecule has 0 radical (unpaired) electrons. The van der Waals surface area contributed by atoms with Crippen molar-refractivity contribution in [3.8, 4) is 0 Å². The van der Waals surface area contributed by atoms with Crippen molar-refractivity contribution in [3.63, 3.8) is 0 Å². The average Bonchev–Trinajstić information content (AvgIpc) is 2.38. The highest BCUT2D eigenvalue weighted by Gasteiger charge is 2.32. The van der Waals surface area contributed by atoms with E-state index < -0.39 is 28.4 Å². The van der Waals surface area contributed by atoms with Crippen molar-refractivity contribution in [2.24, 2.45) is 5.73 Å². The van der Waals surface area contributed by atoms with Crippen LogP contribution in [-0.4, -0.2) is 43.8 Å². The monoisotopic (exact) mass is 330 g/mol. The van der Waals surface area contributed by atoms with Gasteiger partial charge < -0.3 is 5.73 Å². The van der Waals surface area contributed by atoms with Gasteiger partial charge in [-0.1, -0.05) is 19.3 Å². The summed E-state index contributed by atoms with van der Waals surface area (Å²) in [6.07, 6.45) is -0.567. The minimum atomic E-state index is -4.30. The van der Waals surface area contributed by atoms with E-state index in [2.05, 4.69) is 0 Å². The van der Waals surface area contributed by atoms with E-state index in [0.717, 1.165) is 32.1 Å². The molecule has 0 unspecified atom stereocenters. The van der Waals surface area contributed by atoms with Gasteiger partial charge in [0.1, 0.15) is 0 Å². The highest BCUT2D eigenvalue weighted by Crippen LogP contribution is 2.27. The Morgan fingerprint density at radius 3 is 2.24 bits per heavy atom. The molecule has 0 saturated heterocycles. The fraction of sp³-hybridized carbons (Fsp3) is 1.00. The predicted octanol–water partition coefficient (Wildman–Crippen LogP) is 2.64. The van der Waals surface area contributed by atoms with Crippen molar-refractivity contribution in [1.29, 1.82) is 0 Å². The molecule has 1 aliphatic rings. The van der Waals surface area contributed by atoms with Crippen LogP contribution in [0.15, 0.2) is 0 Å². The van der Waals surface area contributed by atoms with Crippen molar-refractivity contribution in [3.05, 3.63) is 0 Å². The Kier molecular flexibility index (Phi) is 7.42. The summed E-state index contributed by atoms with van der Waals surface area (Å²) in [5, 5.41) is 0. The maximum absolute atomic E-state index is 12.3. The normalized spacial score (nSPS) is 18.3. The topological polar surface area (TPSA) is 63.4 Å². The van der Waals surface area contributed by atoms with Gasteiger partial charge in [-0.05, 0) is 32.2 Å². The first kappa shape index (κ1) is 18.7. The van der Waals surface area contributed by atoms with Gasteiger partial charge in [-0.15, -0.1) is 0 Å². The van der Waals surface area contributed by atoms with Crippen LogP contribution in [0.3, 0.4) is 0 Å². The summed E-state index contributed by atoms with van der Waals surface area (Å²) in [4.78, 5) is 0. The van der Waals surface area contributed by atoms with E-state index in [1.807, 2.05) is 0 Å². The molecule has 0 aromatic heterocycles. The summed E-state index contributed by atoms with van der Waals surface area (Å²) in [7, 11) is -3.64. The van der Waals surface area contributed by atoms with Gasteiger partial charge in [0.15, 0.2) is 0 Å². The van der Waals surface area contributed by atoms with E-state index in [9.17, 15) is 21.6 Å². The molecule has 21 heavy (non-hydrogen) atoms. The minimum absolute atomic E-state index is 0.0683. The summed E-state index contributed by atoms with van der Waals surface area (Å²) in [6, 6.07) is -0.0683. The molecule has 2 N–H and O–H groups in total. The van der Waals surface area contributed by atoms with Gasteiger partial charge in [0, 0.05) is 19.0 Å². The van der Waals surface area contributed by atoms with Crippen LogP contribution in [0.5, 0.6) is 0 Å². The molecule has 0 aliphatic heterocycles. The van der Waals surface area contributed by atoms with Crippen molar-refractivity contribution in [2.75, 3.05) is 18.8 Å². The molecule has 0 spiro atoms. The van der Waals surface area contributed by atoms with Crippen LogP contribution < -0.4 is 5.73 Å². The van der Waals surface area contributed by atoms with Crippen molar-refractivity contribution in [1.82, 2.24) is 4.31 Å². The highest BCUT2D eigenvalue weighted by atomic mass is 32.2. The Bertz CT molecular complexity index is 393. The lowest BCUT2D eigenvalue weighted by molar-refractivity contribution is -0.134. The Labute approximate surface area is 124 Å². The number of nitrogens with zero attached hydrogens (tertiary/aromatic N) is 1. The number of hydrogen-bond donors (Lipinski definition) is 1. The number of halogens is 3. The lowest BCUT2D eigenvalue weighted by Gasteiger charge is -2.33. The Morgan fingerprint density at radius 1 is 1.10 bits per heavy atom. The van der Waals surface area contributed by atoms with Crippen LogP contribution in [0, 0.1) is 0 Å². The zero-order chi connectivity index (χ0) is 15.9. The van der Waals surface area contributed by atoms with Gasteiger partial charge in [-0.3, -0.25) is 0 Å². The molecule has 0 amide bonds. The zero-order valence-corrected chi connectivity index (χ0v) is 13.1. The summed E-state index contributed by atoms with van der Waals surface area (Å²) in [6.45, 7) is 0.691. The second-order valence-corrected chi connectivity index (χ2v) is 7.62. The number of nitrogens with two attached hydrogens (primary N) is 1. The molecule has 0 aromatic rings. The van der Waals surface area contributed by atoms with Crippen LogP contribution in [0.25, 0.3) is 0 Å². The maximum atomic E-state index is 12.3. The van der Waals surface area contributed by atoms with E-state index >= 15 is 0 Å². The van der Waals surface area contributed by atoms with E-state index in [1.165, 1.54) is 4.31 Å². The molecular formula is C13H25F3N2O2S. The third-order valence-electron chi connectivity index (χ3n) is 3.78. The summed E-state index contributed by atoms with van der Waals surface area (Å²) in [5.41, 5.74) is 5.44. The molecular weight excluding hydrogens is 305 g/mol. The van der Waals surface area contributed by atoms with Crippen LogP contribution in [0.4, 0.5) is 13.2 Å². The highest BCUT2D eigenvalue weighted by molar-refractivity contribution is 7.89. The van der Waals surface area contributed by atoms with Crippen LogP contribution >= 0.6 is 0 Å². The van der Waals surface area contributed by atoms with Gasteiger partial charge in [-0.25, -0.2) is 8.42 Å². The van der Waals surface area contributed by atoms with Gasteiger partial charge >= 0.3 is 6.18 Å². The first-order chi connectivity index (χ1) is 9.76.